The Morgan fingerprint density at radius 1 is 1.18 bits per heavy atom. The van der Waals surface area contributed by atoms with Gasteiger partial charge < -0.3 is 0 Å². The molecule has 1 atom stereocenters. The summed E-state index contributed by atoms with van der Waals surface area (Å²) >= 11 is 2.30. The van der Waals surface area contributed by atoms with Crippen molar-refractivity contribution in [1.82, 2.24) is 9.13 Å². The minimum Gasteiger partial charge on any atom is -0.281 e. The van der Waals surface area contributed by atoms with E-state index in [1.807, 2.05) is 19.1 Å². The molecule has 5 nitrogen and oxygen atoms in total. The molecule has 1 aliphatic rings. The molecule has 2 aromatic rings. The SMILES string of the molecule is CC1=Nc2c(c(=O)n(C)c(=O)n2C)C1Cc1ccccc1I. The molecular formula is C16H16IN3O2. The van der Waals surface area contributed by atoms with Crippen LogP contribution in [0.4, 0.5) is 5.82 Å². The van der Waals surface area contributed by atoms with Gasteiger partial charge in [0, 0.05) is 29.3 Å². The van der Waals surface area contributed by atoms with Crippen molar-refractivity contribution < 1.29 is 0 Å². The molecule has 3 rings (SSSR count). The van der Waals surface area contributed by atoms with Crippen molar-refractivity contribution in [2.75, 3.05) is 0 Å². The summed E-state index contributed by atoms with van der Waals surface area (Å²) in [6, 6.07) is 8.12. The predicted molar refractivity (Wildman–Crippen MR) is 95.3 cm³/mol. The van der Waals surface area contributed by atoms with Gasteiger partial charge in [-0.25, -0.2) is 9.79 Å². The molecule has 22 heavy (non-hydrogen) atoms. The fourth-order valence-corrected chi connectivity index (χ4v) is 3.49. The van der Waals surface area contributed by atoms with Crippen molar-refractivity contribution in [3.63, 3.8) is 0 Å². The zero-order chi connectivity index (χ0) is 16.0. The van der Waals surface area contributed by atoms with Gasteiger partial charge in [0.25, 0.3) is 5.56 Å². The molecule has 114 valence electrons. The number of nitrogens with zero attached hydrogens (tertiary/aromatic N) is 3. The minimum absolute atomic E-state index is 0.0728. The fraction of sp³-hybridized carbons (Fsp3) is 0.312. The highest BCUT2D eigenvalue weighted by atomic mass is 127. The van der Waals surface area contributed by atoms with Crippen LogP contribution in [0.15, 0.2) is 38.8 Å². The summed E-state index contributed by atoms with van der Waals surface area (Å²) in [7, 11) is 3.17. The van der Waals surface area contributed by atoms with Crippen LogP contribution < -0.4 is 11.2 Å². The Morgan fingerprint density at radius 2 is 1.86 bits per heavy atom. The first kappa shape index (κ1) is 15.2. The van der Waals surface area contributed by atoms with Crippen LogP contribution in [0.2, 0.25) is 0 Å². The maximum absolute atomic E-state index is 12.5. The predicted octanol–water partition coefficient (Wildman–Crippen LogP) is 2.12. The normalized spacial score (nSPS) is 16.5. The minimum atomic E-state index is -0.338. The summed E-state index contributed by atoms with van der Waals surface area (Å²) in [6.45, 7) is 1.92. The van der Waals surface area contributed by atoms with Gasteiger partial charge in [-0.1, -0.05) is 18.2 Å². The number of fused-ring (bicyclic) bond motifs is 1. The van der Waals surface area contributed by atoms with Crippen molar-refractivity contribution >= 4 is 34.1 Å². The van der Waals surface area contributed by atoms with E-state index in [2.05, 4.69) is 39.7 Å². The van der Waals surface area contributed by atoms with E-state index in [0.717, 1.165) is 16.7 Å². The van der Waals surface area contributed by atoms with E-state index in [4.69, 9.17) is 0 Å². The molecule has 0 saturated carbocycles. The summed E-state index contributed by atoms with van der Waals surface area (Å²) in [4.78, 5) is 29.1. The highest BCUT2D eigenvalue weighted by Gasteiger charge is 2.31. The average Bonchev–Trinajstić information content (AvgIpc) is 2.82. The molecule has 1 aromatic carbocycles. The molecular weight excluding hydrogens is 393 g/mol. The average molecular weight is 409 g/mol. The number of benzene rings is 1. The molecule has 0 bridgehead atoms. The van der Waals surface area contributed by atoms with Gasteiger partial charge in [-0.2, -0.15) is 0 Å². The first-order valence-electron chi connectivity index (χ1n) is 7.00. The van der Waals surface area contributed by atoms with Crippen molar-refractivity contribution in [1.29, 1.82) is 0 Å². The standard InChI is InChI=1S/C16H16IN3O2/c1-9-11(8-10-6-4-5-7-12(10)17)13-14(18-9)19(2)16(22)20(3)15(13)21/h4-7,11H,8H2,1-3H3. The molecule has 0 radical (unpaired) electrons. The lowest BCUT2D eigenvalue weighted by Gasteiger charge is -2.14. The van der Waals surface area contributed by atoms with E-state index in [0.29, 0.717) is 11.4 Å². The molecule has 1 aromatic heterocycles. The number of rotatable bonds is 2. The lowest BCUT2D eigenvalue weighted by atomic mass is 9.91. The summed E-state index contributed by atoms with van der Waals surface area (Å²) in [5, 5.41) is 0. The number of aromatic nitrogens is 2. The topological polar surface area (TPSA) is 56.4 Å². The van der Waals surface area contributed by atoms with E-state index in [1.54, 1.807) is 7.05 Å². The van der Waals surface area contributed by atoms with Gasteiger partial charge in [-0.3, -0.25) is 13.9 Å². The van der Waals surface area contributed by atoms with E-state index in [9.17, 15) is 9.59 Å². The molecule has 0 saturated heterocycles. The number of aliphatic imine (C=N–C) groups is 1. The highest BCUT2D eigenvalue weighted by molar-refractivity contribution is 14.1. The number of halogens is 1. The molecule has 0 N–H and O–H groups in total. The molecule has 6 heteroatoms. The molecule has 1 aliphatic heterocycles. The van der Waals surface area contributed by atoms with Gasteiger partial charge in [-0.05, 0) is 47.6 Å². The summed E-state index contributed by atoms with van der Waals surface area (Å²) in [5.74, 6) is 0.429. The molecule has 0 spiro atoms. The zero-order valence-corrected chi connectivity index (χ0v) is 14.8. The third-order valence-electron chi connectivity index (χ3n) is 4.18. The molecule has 2 heterocycles. The van der Waals surface area contributed by atoms with E-state index in [-0.39, 0.29) is 17.2 Å². The van der Waals surface area contributed by atoms with Crippen LogP contribution in [0.5, 0.6) is 0 Å². The summed E-state index contributed by atoms with van der Waals surface area (Å²) in [5.41, 5.74) is 2.12. The Labute approximate surface area is 141 Å². The van der Waals surface area contributed by atoms with Gasteiger partial charge in [0.2, 0.25) is 0 Å². The number of hydrogen-bond donors (Lipinski definition) is 0. The second-order valence-corrected chi connectivity index (χ2v) is 6.71. The van der Waals surface area contributed by atoms with Crippen LogP contribution in [0.1, 0.15) is 24.0 Å². The maximum atomic E-state index is 12.5. The monoisotopic (exact) mass is 409 g/mol. The quantitative estimate of drug-likeness (QED) is 0.714. The zero-order valence-electron chi connectivity index (χ0n) is 12.6. The molecule has 1 unspecified atom stereocenters. The largest absolute Gasteiger partial charge is 0.332 e. The Hall–Kier alpha value is -1.70. The van der Waals surface area contributed by atoms with Gasteiger partial charge in [0.05, 0.1) is 5.56 Å². The highest BCUT2D eigenvalue weighted by Crippen LogP contribution is 2.34. The van der Waals surface area contributed by atoms with Crippen LogP contribution in [0, 0.1) is 3.57 Å². The summed E-state index contributed by atoms with van der Waals surface area (Å²) in [6.07, 6.45) is 0.717. The lowest BCUT2D eigenvalue weighted by molar-refractivity contribution is 0.671. The lowest BCUT2D eigenvalue weighted by Crippen LogP contribution is -2.39. The second kappa shape index (κ2) is 5.49. The van der Waals surface area contributed by atoms with Crippen LogP contribution in [-0.4, -0.2) is 14.8 Å². The van der Waals surface area contributed by atoms with Gasteiger partial charge in [-0.15, -0.1) is 0 Å². The molecule has 0 fully saturated rings. The first-order chi connectivity index (χ1) is 10.4. The van der Waals surface area contributed by atoms with Gasteiger partial charge in [0.15, 0.2) is 0 Å². The van der Waals surface area contributed by atoms with Gasteiger partial charge >= 0.3 is 5.69 Å². The van der Waals surface area contributed by atoms with Crippen LogP contribution >= 0.6 is 22.6 Å². The van der Waals surface area contributed by atoms with E-state index in [1.165, 1.54) is 20.7 Å². The third kappa shape index (κ3) is 2.25. The summed E-state index contributed by atoms with van der Waals surface area (Å²) < 4.78 is 3.79. The Morgan fingerprint density at radius 3 is 2.55 bits per heavy atom. The Balaban J connectivity index is 2.16. The van der Waals surface area contributed by atoms with Crippen molar-refractivity contribution in [2.45, 2.75) is 19.3 Å². The van der Waals surface area contributed by atoms with Crippen LogP contribution in [0.3, 0.4) is 0 Å². The second-order valence-electron chi connectivity index (χ2n) is 5.54. The van der Waals surface area contributed by atoms with Crippen molar-refractivity contribution in [3.8, 4) is 0 Å². The van der Waals surface area contributed by atoms with Crippen molar-refractivity contribution in [2.24, 2.45) is 19.1 Å². The Kier molecular flexibility index (Phi) is 3.80. The van der Waals surface area contributed by atoms with E-state index >= 15 is 0 Å². The molecule has 0 amide bonds. The van der Waals surface area contributed by atoms with Crippen LogP contribution in [-0.2, 0) is 20.5 Å². The smallest absolute Gasteiger partial charge is 0.281 e. The third-order valence-corrected chi connectivity index (χ3v) is 5.24. The molecule has 0 aliphatic carbocycles. The van der Waals surface area contributed by atoms with Crippen LogP contribution in [0.25, 0.3) is 0 Å². The van der Waals surface area contributed by atoms with E-state index < -0.39 is 0 Å². The number of hydrogen-bond acceptors (Lipinski definition) is 3. The Bertz CT molecular complexity index is 909. The first-order valence-corrected chi connectivity index (χ1v) is 8.08. The fourth-order valence-electron chi connectivity index (χ4n) is 2.89. The van der Waals surface area contributed by atoms with Crippen molar-refractivity contribution in [3.05, 3.63) is 59.8 Å². The van der Waals surface area contributed by atoms with Gasteiger partial charge in [0.1, 0.15) is 5.82 Å². The maximum Gasteiger partial charge on any atom is 0.332 e.